The number of alkyl halides is 3. The van der Waals surface area contributed by atoms with E-state index in [-0.39, 0.29) is 53.7 Å². The van der Waals surface area contributed by atoms with E-state index in [0.717, 1.165) is 11.0 Å². The summed E-state index contributed by atoms with van der Waals surface area (Å²) in [6.45, 7) is 7.59. The molecule has 2 aromatic rings. The maximum atomic E-state index is 15.1. The van der Waals surface area contributed by atoms with Crippen LogP contribution >= 0.6 is 0 Å². The van der Waals surface area contributed by atoms with Gasteiger partial charge in [0.2, 0.25) is 27.7 Å². The fourth-order valence-electron chi connectivity index (χ4n) is 8.25. The number of halogens is 4. The molecule has 0 spiro atoms. The Morgan fingerprint density at radius 2 is 1.85 bits per heavy atom. The van der Waals surface area contributed by atoms with Crippen LogP contribution in [0, 0.1) is 23.6 Å². The predicted molar refractivity (Wildman–Crippen MR) is 206 cm³/mol. The number of carbonyl (C=O) groups is 4. The number of hydrogen-bond donors (Lipinski definition) is 3. The van der Waals surface area contributed by atoms with Crippen molar-refractivity contribution in [2.24, 2.45) is 17.8 Å². The molecule has 1 aromatic carbocycles. The lowest BCUT2D eigenvalue weighted by Crippen LogP contribution is -2.66. The van der Waals surface area contributed by atoms with Crippen LogP contribution in [0.2, 0.25) is 0 Å². The van der Waals surface area contributed by atoms with E-state index in [2.05, 4.69) is 15.0 Å². The lowest BCUT2D eigenvalue weighted by Gasteiger charge is -2.45. The number of nitrogens with zero attached hydrogens (tertiary/aromatic N) is 3. The zero-order chi connectivity index (χ0) is 43.5. The van der Waals surface area contributed by atoms with Gasteiger partial charge in [0, 0.05) is 23.9 Å². The highest BCUT2D eigenvalue weighted by Crippen LogP contribution is 2.48. The van der Waals surface area contributed by atoms with E-state index in [9.17, 15) is 45.9 Å². The number of carboxylic acid groups (broad SMARTS) is 1. The van der Waals surface area contributed by atoms with Gasteiger partial charge in [-0.1, -0.05) is 26.0 Å². The Labute approximate surface area is 340 Å². The number of pyridine rings is 1. The summed E-state index contributed by atoms with van der Waals surface area (Å²) in [7, 11) is -4.15. The molecule has 1 saturated heterocycles. The molecule has 4 amide bonds. The Kier molecular flexibility index (Phi) is 11.7. The van der Waals surface area contributed by atoms with Crippen LogP contribution in [0.15, 0.2) is 36.5 Å². The standard InChI is InChI=1S/C40H51F4N5O9S/c1-7-57-30-17-24-12-15-45-33(27(24)19-28(30)41)58-26-18-29-32(50)46-39(35(52)47-59(55,56)38(6)13-14-38)20-25(39)11-9-8-10-22(2)16-23(3)31(34(51)48(29)21-26)49(36(53)54)37(4,5)40(42,43)44/h9,11-12,15,17,19,22-23,25-26,29,31H,7-8,10,13-14,16,18,20-21H2,1-6H3,(H,46,50)(H,47,52)(H,53,54)/b11-9-/t22-,23-,25-,26-,29+,31+,39-/m1/s1. The Hall–Kier alpha value is -4.68. The van der Waals surface area contributed by atoms with Crippen molar-refractivity contribution < 1.29 is 59.7 Å². The molecule has 19 heteroatoms. The molecule has 0 radical (unpaired) electrons. The van der Waals surface area contributed by atoms with Crippen molar-refractivity contribution >= 4 is 44.6 Å². The smallest absolute Gasteiger partial charge is 0.411 e. The van der Waals surface area contributed by atoms with Crippen LogP contribution in [0.5, 0.6) is 11.6 Å². The first-order valence-corrected chi connectivity index (χ1v) is 21.3. The molecule has 2 aliphatic heterocycles. The molecular weight excluding hydrogens is 803 g/mol. The summed E-state index contributed by atoms with van der Waals surface area (Å²) >= 11 is 0. The van der Waals surface area contributed by atoms with Crippen LogP contribution in [-0.4, -0.2) is 105 Å². The Bertz CT molecular complexity index is 2150. The second kappa shape index (κ2) is 15.7. The number of sulfonamides is 1. The topological polar surface area (TPSA) is 185 Å². The van der Waals surface area contributed by atoms with Gasteiger partial charge in [-0.05, 0) is 102 Å². The van der Waals surface area contributed by atoms with Crippen molar-refractivity contribution in [1.82, 2.24) is 24.8 Å². The first-order chi connectivity index (χ1) is 27.5. The lowest BCUT2D eigenvalue weighted by molar-refractivity contribution is -0.222. The maximum absolute atomic E-state index is 15.1. The molecule has 4 aliphatic rings. The van der Waals surface area contributed by atoms with Gasteiger partial charge in [0.15, 0.2) is 11.6 Å². The van der Waals surface area contributed by atoms with Crippen LogP contribution in [0.4, 0.5) is 22.4 Å². The number of aromatic nitrogens is 1. The Morgan fingerprint density at radius 1 is 1.15 bits per heavy atom. The Morgan fingerprint density at radius 3 is 2.47 bits per heavy atom. The molecular formula is C40H51F4N5O9S. The van der Waals surface area contributed by atoms with Crippen molar-refractivity contribution in [3.63, 3.8) is 0 Å². The maximum Gasteiger partial charge on any atom is 0.411 e. The third-order valence-electron chi connectivity index (χ3n) is 12.3. The van der Waals surface area contributed by atoms with Crippen LogP contribution < -0.4 is 19.5 Å². The average molecular weight is 854 g/mol. The minimum Gasteiger partial charge on any atom is -0.491 e. The van der Waals surface area contributed by atoms with Gasteiger partial charge in [0.05, 0.1) is 17.9 Å². The molecule has 3 heterocycles. The highest BCUT2D eigenvalue weighted by molar-refractivity contribution is 7.91. The molecule has 14 nitrogen and oxygen atoms in total. The summed E-state index contributed by atoms with van der Waals surface area (Å²) < 4.78 is 98.1. The number of hydrogen-bond acceptors (Lipinski definition) is 9. The number of allylic oxidation sites excluding steroid dienone is 1. The van der Waals surface area contributed by atoms with Crippen molar-refractivity contribution in [2.75, 3.05) is 13.2 Å². The molecule has 59 heavy (non-hydrogen) atoms. The van der Waals surface area contributed by atoms with Gasteiger partial charge < -0.3 is 24.8 Å². The second-order valence-corrected chi connectivity index (χ2v) is 19.4. The molecule has 2 saturated carbocycles. The summed E-state index contributed by atoms with van der Waals surface area (Å²) in [5.74, 6) is -5.67. The number of benzene rings is 1. The largest absolute Gasteiger partial charge is 0.491 e. The quantitative estimate of drug-likeness (QED) is 0.209. The van der Waals surface area contributed by atoms with E-state index in [0.29, 0.717) is 44.9 Å². The number of nitrogens with one attached hydrogen (secondary N) is 2. The highest BCUT2D eigenvalue weighted by Gasteiger charge is 2.64. The second-order valence-electron chi connectivity index (χ2n) is 17.2. The molecule has 3 N–H and O–H groups in total. The van der Waals surface area contributed by atoms with Crippen LogP contribution in [0.3, 0.4) is 0 Å². The van der Waals surface area contributed by atoms with Crippen molar-refractivity contribution in [3.05, 3.63) is 42.4 Å². The van der Waals surface area contributed by atoms with Crippen LogP contribution in [0.1, 0.15) is 86.5 Å². The minimum absolute atomic E-state index is 0.0179. The van der Waals surface area contributed by atoms with Crippen molar-refractivity contribution in [1.29, 1.82) is 0 Å². The molecule has 1 aromatic heterocycles. The van der Waals surface area contributed by atoms with E-state index in [4.69, 9.17) is 9.47 Å². The minimum atomic E-state index is -5.12. The fourth-order valence-corrected chi connectivity index (χ4v) is 9.56. The van der Waals surface area contributed by atoms with Crippen LogP contribution in [-0.2, 0) is 24.4 Å². The summed E-state index contributed by atoms with van der Waals surface area (Å²) in [5.41, 5.74) is -4.82. The fraction of sp³-hybridized carbons (Fsp3) is 0.625. The molecule has 324 valence electrons. The van der Waals surface area contributed by atoms with Gasteiger partial charge in [-0.15, -0.1) is 0 Å². The SMILES string of the molecule is CCOc1cc2ccnc(O[C@@H]3C[C@H]4C(=O)N[C@]5(C(=O)NS(=O)(=O)C6(C)CC6)C[C@H]5/C=C\CC[C@@H](C)C[C@@H](C)[C@H](N(C(=O)O)C(C)(C)C(F)(F)F)C(=O)N4C3)c2cc1F. The number of rotatable bonds is 9. The van der Waals surface area contributed by atoms with Gasteiger partial charge in [-0.3, -0.25) is 24.0 Å². The van der Waals surface area contributed by atoms with E-state index < -0.39 is 98.2 Å². The Balaban J connectivity index is 1.42. The molecule has 0 unspecified atom stereocenters. The third kappa shape index (κ3) is 8.40. The van der Waals surface area contributed by atoms with Gasteiger partial charge in [0.25, 0.3) is 5.91 Å². The normalized spacial score (nSPS) is 29.2. The summed E-state index contributed by atoms with van der Waals surface area (Å²) in [5, 5.41) is 13.8. The van der Waals surface area contributed by atoms with Crippen molar-refractivity contribution in [3.8, 4) is 11.6 Å². The van der Waals surface area contributed by atoms with Crippen LogP contribution in [0.25, 0.3) is 10.8 Å². The number of amides is 4. The molecule has 3 fully saturated rings. The molecule has 7 atom stereocenters. The number of carbonyl (C=O) groups excluding carboxylic acids is 3. The summed E-state index contributed by atoms with van der Waals surface area (Å²) in [4.78, 5) is 61.7. The van der Waals surface area contributed by atoms with Gasteiger partial charge >= 0.3 is 12.3 Å². The van der Waals surface area contributed by atoms with E-state index in [1.165, 1.54) is 26.1 Å². The average Bonchev–Trinajstić information content (AvgIpc) is 4.02. The van der Waals surface area contributed by atoms with E-state index in [1.807, 2.05) is 6.92 Å². The molecule has 2 aliphatic carbocycles. The number of ether oxygens (including phenoxy) is 2. The summed E-state index contributed by atoms with van der Waals surface area (Å²) in [6.07, 6.45) is -1.91. The monoisotopic (exact) mass is 853 g/mol. The zero-order valence-corrected chi connectivity index (χ0v) is 34.6. The van der Waals surface area contributed by atoms with Crippen molar-refractivity contribution in [2.45, 2.75) is 127 Å². The van der Waals surface area contributed by atoms with Gasteiger partial charge in [0.1, 0.15) is 29.3 Å². The predicted octanol–water partition coefficient (Wildman–Crippen LogP) is 5.70. The van der Waals surface area contributed by atoms with Gasteiger partial charge in [-0.2, -0.15) is 13.2 Å². The zero-order valence-electron chi connectivity index (χ0n) is 33.8. The first kappa shape index (κ1) is 43.9. The molecule has 6 rings (SSSR count). The van der Waals surface area contributed by atoms with E-state index in [1.54, 1.807) is 25.1 Å². The lowest BCUT2D eigenvalue weighted by atomic mass is 9.85. The molecule has 0 bridgehead atoms. The highest BCUT2D eigenvalue weighted by atomic mass is 32.2. The number of fused-ring (bicyclic) bond motifs is 3. The third-order valence-corrected chi connectivity index (χ3v) is 14.5. The van der Waals surface area contributed by atoms with E-state index >= 15 is 4.39 Å². The van der Waals surface area contributed by atoms with Gasteiger partial charge in [-0.25, -0.2) is 22.6 Å². The summed E-state index contributed by atoms with van der Waals surface area (Å²) in [6, 6.07) is 0.695. The first-order valence-electron chi connectivity index (χ1n) is 19.8.